The quantitative estimate of drug-likeness (QED) is 0.307. The summed E-state index contributed by atoms with van der Waals surface area (Å²) in [5, 5.41) is 9.20. The predicted octanol–water partition coefficient (Wildman–Crippen LogP) is 7.43. The van der Waals surface area contributed by atoms with Crippen LogP contribution in [0.1, 0.15) is 35.4 Å². The highest BCUT2D eigenvalue weighted by Gasteiger charge is 2.30. The van der Waals surface area contributed by atoms with Gasteiger partial charge in [0.2, 0.25) is 0 Å². The number of thiophene rings is 1. The third kappa shape index (κ3) is 7.17. The summed E-state index contributed by atoms with van der Waals surface area (Å²) in [5.74, 6) is 0.818. The zero-order valence-electron chi connectivity index (χ0n) is 18.9. The number of rotatable bonds is 10. The van der Waals surface area contributed by atoms with Gasteiger partial charge >= 0.3 is 12.1 Å². The molecule has 0 bridgehead atoms. The second-order valence-electron chi connectivity index (χ2n) is 7.89. The first-order valence-corrected chi connectivity index (χ1v) is 12.4. The SMILES string of the molecule is Cc1cc(OCc2sc(-c3ccc(C(F)(F)F)cc3)cc2CSC(C)C)ccc1OCC(=O)O. The number of carboxylic acids is 1. The van der Waals surface area contributed by atoms with Crippen molar-refractivity contribution in [3.8, 4) is 21.9 Å². The molecule has 182 valence electrons. The molecular formula is C25H25F3O4S2. The van der Waals surface area contributed by atoms with Crippen molar-refractivity contribution in [1.29, 1.82) is 0 Å². The first-order valence-electron chi connectivity index (χ1n) is 10.5. The van der Waals surface area contributed by atoms with Crippen LogP contribution in [0.3, 0.4) is 0 Å². The second kappa shape index (κ2) is 11.2. The maximum atomic E-state index is 12.9. The lowest BCUT2D eigenvalue weighted by Crippen LogP contribution is -2.10. The summed E-state index contributed by atoms with van der Waals surface area (Å²) in [4.78, 5) is 12.6. The molecule has 4 nitrogen and oxygen atoms in total. The van der Waals surface area contributed by atoms with Crippen molar-refractivity contribution in [2.45, 2.75) is 44.6 Å². The molecule has 0 aliphatic heterocycles. The van der Waals surface area contributed by atoms with E-state index in [2.05, 4.69) is 13.8 Å². The van der Waals surface area contributed by atoms with Crippen molar-refractivity contribution in [3.63, 3.8) is 0 Å². The Kier molecular flexibility index (Phi) is 8.54. The molecule has 1 N–H and O–H groups in total. The van der Waals surface area contributed by atoms with Gasteiger partial charge in [-0.25, -0.2) is 4.79 Å². The van der Waals surface area contributed by atoms with Crippen molar-refractivity contribution in [2.75, 3.05) is 6.61 Å². The van der Waals surface area contributed by atoms with Gasteiger partial charge in [-0.2, -0.15) is 24.9 Å². The van der Waals surface area contributed by atoms with E-state index in [-0.39, 0.29) is 0 Å². The molecule has 0 atom stereocenters. The summed E-state index contributed by atoms with van der Waals surface area (Å²) in [5.41, 5.74) is 1.91. The van der Waals surface area contributed by atoms with Crippen LogP contribution in [-0.4, -0.2) is 22.9 Å². The van der Waals surface area contributed by atoms with E-state index in [4.69, 9.17) is 14.6 Å². The number of carboxylic acid groups (broad SMARTS) is 1. The Labute approximate surface area is 204 Å². The van der Waals surface area contributed by atoms with Crippen LogP contribution in [0.2, 0.25) is 0 Å². The summed E-state index contributed by atoms with van der Waals surface area (Å²) in [6.45, 7) is 5.93. The van der Waals surface area contributed by atoms with E-state index >= 15 is 0 Å². The van der Waals surface area contributed by atoms with E-state index in [1.807, 2.05) is 13.0 Å². The number of ether oxygens (including phenoxy) is 2. The van der Waals surface area contributed by atoms with Crippen LogP contribution in [0.25, 0.3) is 10.4 Å². The average Bonchev–Trinajstić information content (AvgIpc) is 3.18. The van der Waals surface area contributed by atoms with Crippen LogP contribution < -0.4 is 9.47 Å². The van der Waals surface area contributed by atoms with Gasteiger partial charge < -0.3 is 14.6 Å². The number of carbonyl (C=O) groups is 1. The molecule has 9 heteroatoms. The minimum atomic E-state index is -4.36. The number of aliphatic carboxylic acids is 1. The highest BCUT2D eigenvalue weighted by atomic mass is 32.2. The summed E-state index contributed by atoms with van der Waals surface area (Å²) < 4.78 is 50.0. The summed E-state index contributed by atoms with van der Waals surface area (Å²) in [6, 6.07) is 12.4. The zero-order valence-corrected chi connectivity index (χ0v) is 20.6. The predicted molar refractivity (Wildman–Crippen MR) is 130 cm³/mol. The van der Waals surface area contributed by atoms with Gasteiger partial charge in [-0.3, -0.25) is 0 Å². The first kappa shape index (κ1) is 26.0. The van der Waals surface area contributed by atoms with Crippen LogP contribution in [0.5, 0.6) is 11.5 Å². The van der Waals surface area contributed by atoms with Crippen molar-refractivity contribution in [1.82, 2.24) is 0 Å². The normalized spacial score (nSPS) is 11.6. The van der Waals surface area contributed by atoms with Crippen molar-refractivity contribution in [3.05, 3.63) is 70.1 Å². The fraction of sp³-hybridized carbons (Fsp3) is 0.320. The van der Waals surface area contributed by atoms with Crippen LogP contribution in [0, 0.1) is 6.92 Å². The number of hydrogen-bond donors (Lipinski definition) is 1. The molecule has 0 amide bonds. The van der Waals surface area contributed by atoms with E-state index in [0.717, 1.165) is 44.3 Å². The smallest absolute Gasteiger partial charge is 0.416 e. The largest absolute Gasteiger partial charge is 0.488 e. The van der Waals surface area contributed by atoms with Gasteiger partial charge in [0.25, 0.3) is 0 Å². The second-order valence-corrected chi connectivity index (χ2v) is 10.6. The molecular weight excluding hydrogens is 485 g/mol. The monoisotopic (exact) mass is 510 g/mol. The van der Waals surface area contributed by atoms with E-state index < -0.39 is 24.3 Å². The summed E-state index contributed by atoms with van der Waals surface area (Å²) in [7, 11) is 0. The van der Waals surface area contributed by atoms with Crippen LogP contribution in [0.4, 0.5) is 13.2 Å². The van der Waals surface area contributed by atoms with Crippen LogP contribution >= 0.6 is 23.1 Å². The number of benzene rings is 2. The molecule has 0 fully saturated rings. The Morgan fingerprint density at radius 2 is 1.79 bits per heavy atom. The Morgan fingerprint density at radius 1 is 1.09 bits per heavy atom. The molecule has 2 aromatic carbocycles. The molecule has 0 radical (unpaired) electrons. The summed E-state index contributed by atoms with van der Waals surface area (Å²) >= 11 is 3.29. The van der Waals surface area contributed by atoms with Gasteiger partial charge in [-0.1, -0.05) is 26.0 Å². The zero-order chi connectivity index (χ0) is 24.9. The number of alkyl halides is 3. The fourth-order valence-electron chi connectivity index (χ4n) is 3.09. The number of thioether (sulfide) groups is 1. The molecule has 0 aliphatic carbocycles. The van der Waals surface area contributed by atoms with Gasteiger partial charge in [0, 0.05) is 15.5 Å². The van der Waals surface area contributed by atoms with Gasteiger partial charge in [0.05, 0.1) is 5.56 Å². The Hall–Kier alpha value is -2.65. The molecule has 1 heterocycles. The third-order valence-corrected chi connectivity index (χ3v) is 7.18. The summed E-state index contributed by atoms with van der Waals surface area (Å²) in [6.07, 6.45) is -4.36. The molecule has 0 aliphatic rings. The van der Waals surface area contributed by atoms with Crippen LogP contribution in [0.15, 0.2) is 48.5 Å². The standard InChI is InChI=1S/C25H25F3O4S2/c1-15(2)33-14-18-11-22(17-4-6-19(7-5-17)25(26,27)28)34-23(18)12-31-20-8-9-21(16(3)10-20)32-13-24(29)30/h4-11,15H,12-14H2,1-3H3,(H,29,30). The van der Waals surface area contributed by atoms with Gasteiger partial charge in [0.1, 0.15) is 18.1 Å². The molecule has 3 rings (SSSR count). The number of hydrogen-bond acceptors (Lipinski definition) is 5. The van der Waals surface area contributed by atoms with E-state index in [0.29, 0.717) is 23.4 Å². The van der Waals surface area contributed by atoms with Crippen molar-refractivity contribution in [2.24, 2.45) is 0 Å². The fourth-order valence-corrected chi connectivity index (χ4v) is 5.06. The van der Waals surface area contributed by atoms with Crippen LogP contribution in [-0.2, 0) is 23.3 Å². The third-order valence-electron chi connectivity index (χ3n) is 4.83. The lowest BCUT2D eigenvalue weighted by atomic mass is 10.1. The maximum Gasteiger partial charge on any atom is 0.416 e. The number of halogens is 3. The average molecular weight is 511 g/mol. The van der Waals surface area contributed by atoms with E-state index in [1.165, 1.54) is 23.5 Å². The highest BCUT2D eigenvalue weighted by Crippen LogP contribution is 2.37. The molecule has 0 saturated heterocycles. The molecule has 0 unspecified atom stereocenters. The molecule has 34 heavy (non-hydrogen) atoms. The Bertz CT molecular complexity index is 1120. The highest BCUT2D eigenvalue weighted by molar-refractivity contribution is 7.99. The Morgan fingerprint density at radius 3 is 2.38 bits per heavy atom. The minimum absolute atomic E-state index is 0.314. The van der Waals surface area contributed by atoms with Gasteiger partial charge in [-0.05, 0) is 65.3 Å². The van der Waals surface area contributed by atoms with E-state index in [9.17, 15) is 18.0 Å². The maximum absolute atomic E-state index is 12.9. The molecule has 3 aromatic rings. The molecule has 1 aromatic heterocycles. The van der Waals surface area contributed by atoms with Crippen molar-refractivity contribution >= 4 is 29.1 Å². The molecule has 0 saturated carbocycles. The van der Waals surface area contributed by atoms with E-state index in [1.54, 1.807) is 30.0 Å². The topological polar surface area (TPSA) is 55.8 Å². The molecule has 0 spiro atoms. The lowest BCUT2D eigenvalue weighted by Gasteiger charge is -2.11. The number of aryl methyl sites for hydroxylation is 1. The Balaban J connectivity index is 1.78. The first-order chi connectivity index (χ1) is 16.0. The lowest BCUT2D eigenvalue weighted by molar-refractivity contribution is -0.139. The minimum Gasteiger partial charge on any atom is -0.488 e. The van der Waals surface area contributed by atoms with Gasteiger partial charge in [-0.15, -0.1) is 11.3 Å². The van der Waals surface area contributed by atoms with Gasteiger partial charge in [0.15, 0.2) is 6.61 Å². The van der Waals surface area contributed by atoms with Crippen molar-refractivity contribution < 1.29 is 32.5 Å².